The van der Waals surface area contributed by atoms with Gasteiger partial charge in [-0.25, -0.2) is 0 Å². The lowest BCUT2D eigenvalue weighted by Crippen LogP contribution is -2.35. The maximum absolute atomic E-state index is 11.0. The maximum atomic E-state index is 11.0. The highest BCUT2D eigenvalue weighted by Gasteiger charge is 2.06. The molecule has 1 rings (SSSR count). The van der Waals surface area contributed by atoms with Gasteiger partial charge in [0.05, 0.1) is 12.6 Å². The molecule has 74 valence electrons. The predicted molar refractivity (Wildman–Crippen MR) is 50.1 cm³/mol. The Bertz CT molecular complexity index is 325. The standard InChI is InChI=1S/C9H12N4O/c1-8(12-9(14)3-4-10)7-13-6-2-5-11-13/h2,5-6,8H,3,7H2,1H3,(H,12,14). The Labute approximate surface area is 82.3 Å². The van der Waals surface area contributed by atoms with E-state index in [4.69, 9.17) is 5.26 Å². The topological polar surface area (TPSA) is 70.7 Å². The molecule has 0 saturated heterocycles. The number of nitrogens with one attached hydrogen (secondary N) is 1. The first-order chi connectivity index (χ1) is 6.72. The minimum atomic E-state index is -0.243. The lowest BCUT2D eigenvalue weighted by atomic mass is 10.3. The van der Waals surface area contributed by atoms with Gasteiger partial charge in [0.15, 0.2) is 0 Å². The fraction of sp³-hybridized carbons (Fsp3) is 0.444. The van der Waals surface area contributed by atoms with Gasteiger partial charge < -0.3 is 5.32 Å². The maximum Gasteiger partial charge on any atom is 0.234 e. The second-order valence-corrected chi connectivity index (χ2v) is 3.03. The van der Waals surface area contributed by atoms with E-state index in [0.717, 1.165) is 0 Å². The highest BCUT2D eigenvalue weighted by molar-refractivity contribution is 5.78. The molecular weight excluding hydrogens is 180 g/mol. The Morgan fingerprint density at radius 2 is 2.57 bits per heavy atom. The van der Waals surface area contributed by atoms with Gasteiger partial charge in [0.25, 0.3) is 0 Å². The second kappa shape index (κ2) is 5.02. The molecule has 1 heterocycles. The summed E-state index contributed by atoms with van der Waals surface area (Å²) in [6, 6.07) is 3.60. The Balaban J connectivity index is 2.33. The first-order valence-electron chi connectivity index (χ1n) is 4.36. The van der Waals surface area contributed by atoms with Gasteiger partial charge in [-0.05, 0) is 13.0 Å². The van der Waals surface area contributed by atoms with E-state index in [1.54, 1.807) is 16.9 Å². The number of hydrogen-bond donors (Lipinski definition) is 1. The van der Waals surface area contributed by atoms with Gasteiger partial charge in [0.1, 0.15) is 6.42 Å². The fourth-order valence-electron chi connectivity index (χ4n) is 1.13. The van der Waals surface area contributed by atoms with Crippen molar-refractivity contribution in [2.24, 2.45) is 0 Å². The summed E-state index contributed by atoms with van der Waals surface area (Å²) < 4.78 is 1.73. The largest absolute Gasteiger partial charge is 0.351 e. The number of nitriles is 1. The number of nitrogens with zero attached hydrogens (tertiary/aromatic N) is 3. The van der Waals surface area contributed by atoms with Gasteiger partial charge in [-0.1, -0.05) is 0 Å². The number of carbonyl (C=O) groups excluding carboxylic acids is 1. The molecule has 1 N–H and O–H groups in total. The Hall–Kier alpha value is -1.83. The minimum absolute atomic E-state index is 0.0178. The van der Waals surface area contributed by atoms with Crippen molar-refractivity contribution in [1.82, 2.24) is 15.1 Å². The van der Waals surface area contributed by atoms with Crippen LogP contribution in [0.5, 0.6) is 0 Å². The molecule has 1 amide bonds. The fourth-order valence-corrected chi connectivity index (χ4v) is 1.13. The summed E-state index contributed by atoms with van der Waals surface area (Å²) in [6.45, 7) is 2.49. The van der Waals surface area contributed by atoms with Gasteiger partial charge in [-0.15, -0.1) is 0 Å². The zero-order valence-corrected chi connectivity index (χ0v) is 7.97. The summed E-state index contributed by atoms with van der Waals surface area (Å²) in [7, 11) is 0. The molecule has 5 nitrogen and oxygen atoms in total. The first kappa shape index (κ1) is 10.3. The number of carbonyl (C=O) groups is 1. The smallest absolute Gasteiger partial charge is 0.234 e. The van der Waals surface area contributed by atoms with Crippen molar-refractivity contribution >= 4 is 5.91 Å². The van der Waals surface area contributed by atoms with Crippen LogP contribution < -0.4 is 5.32 Å². The highest BCUT2D eigenvalue weighted by atomic mass is 16.1. The number of hydrogen-bond acceptors (Lipinski definition) is 3. The molecule has 0 spiro atoms. The van der Waals surface area contributed by atoms with Crippen LogP contribution in [0.1, 0.15) is 13.3 Å². The van der Waals surface area contributed by atoms with Crippen LogP contribution in [0, 0.1) is 11.3 Å². The molecule has 1 aromatic rings. The molecule has 0 aliphatic carbocycles. The third-order valence-electron chi connectivity index (χ3n) is 1.67. The van der Waals surface area contributed by atoms with E-state index < -0.39 is 0 Å². The van der Waals surface area contributed by atoms with Crippen LogP contribution in [0.15, 0.2) is 18.5 Å². The van der Waals surface area contributed by atoms with Crippen molar-refractivity contribution in [3.63, 3.8) is 0 Å². The molecule has 14 heavy (non-hydrogen) atoms. The van der Waals surface area contributed by atoms with Crippen LogP contribution >= 0.6 is 0 Å². The zero-order chi connectivity index (χ0) is 10.4. The van der Waals surface area contributed by atoms with Crippen molar-refractivity contribution < 1.29 is 4.79 Å². The summed E-state index contributed by atoms with van der Waals surface area (Å²) in [5.74, 6) is -0.243. The average Bonchev–Trinajstić information content (AvgIpc) is 2.56. The second-order valence-electron chi connectivity index (χ2n) is 3.03. The molecule has 1 atom stereocenters. The van der Waals surface area contributed by atoms with E-state index in [2.05, 4.69) is 10.4 Å². The molecule has 0 aliphatic rings. The van der Waals surface area contributed by atoms with Crippen molar-refractivity contribution in [1.29, 1.82) is 5.26 Å². The SMILES string of the molecule is CC(Cn1cccn1)NC(=O)CC#N. The molecular formula is C9H12N4O. The monoisotopic (exact) mass is 192 g/mol. The molecule has 0 radical (unpaired) electrons. The third kappa shape index (κ3) is 3.27. The van der Waals surface area contributed by atoms with Crippen LogP contribution in [0.2, 0.25) is 0 Å². The average molecular weight is 192 g/mol. The quantitative estimate of drug-likeness (QED) is 0.745. The first-order valence-corrected chi connectivity index (χ1v) is 4.36. The Morgan fingerprint density at radius 1 is 1.79 bits per heavy atom. The molecule has 0 saturated carbocycles. The van der Waals surface area contributed by atoms with E-state index >= 15 is 0 Å². The van der Waals surface area contributed by atoms with Gasteiger partial charge in [-0.3, -0.25) is 9.48 Å². The number of amides is 1. The van der Waals surface area contributed by atoms with E-state index in [0.29, 0.717) is 6.54 Å². The van der Waals surface area contributed by atoms with Crippen molar-refractivity contribution in [3.05, 3.63) is 18.5 Å². The molecule has 0 bridgehead atoms. The zero-order valence-electron chi connectivity index (χ0n) is 7.97. The van der Waals surface area contributed by atoms with E-state index in [-0.39, 0.29) is 18.4 Å². The lowest BCUT2D eigenvalue weighted by molar-refractivity contribution is -0.120. The summed E-state index contributed by atoms with van der Waals surface area (Å²) >= 11 is 0. The van der Waals surface area contributed by atoms with Crippen LogP contribution in [0.25, 0.3) is 0 Å². The van der Waals surface area contributed by atoms with Crippen LogP contribution in [-0.4, -0.2) is 21.7 Å². The van der Waals surface area contributed by atoms with Gasteiger partial charge in [-0.2, -0.15) is 10.4 Å². The van der Waals surface area contributed by atoms with E-state index in [1.807, 2.05) is 19.2 Å². The Kier molecular flexibility index (Phi) is 3.68. The summed E-state index contributed by atoms with van der Waals surface area (Å²) in [5, 5.41) is 15.0. The van der Waals surface area contributed by atoms with Gasteiger partial charge in [0, 0.05) is 18.4 Å². The van der Waals surface area contributed by atoms with E-state index in [9.17, 15) is 4.79 Å². The van der Waals surface area contributed by atoms with Crippen LogP contribution in [0.4, 0.5) is 0 Å². The van der Waals surface area contributed by atoms with Crippen molar-refractivity contribution in [2.75, 3.05) is 0 Å². The predicted octanol–water partition coefficient (Wildman–Crippen LogP) is 0.301. The lowest BCUT2D eigenvalue weighted by Gasteiger charge is -2.12. The van der Waals surface area contributed by atoms with Crippen molar-refractivity contribution in [3.8, 4) is 6.07 Å². The molecule has 0 aliphatic heterocycles. The molecule has 0 aromatic carbocycles. The molecule has 0 fully saturated rings. The minimum Gasteiger partial charge on any atom is -0.351 e. The van der Waals surface area contributed by atoms with Gasteiger partial charge >= 0.3 is 0 Å². The summed E-state index contributed by atoms with van der Waals surface area (Å²) in [6.07, 6.45) is 3.42. The highest BCUT2D eigenvalue weighted by Crippen LogP contribution is 1.91. The molecule has 1 unspecified atom stereocenters. The normalized spacial score (nSPS) is 11.7. The van der Waals surface area contributed by atoms with E-state index in [1.165, 1.54) is 0 Å². The molecule has 5 heteroatoms. The van der Waals surface area contributed by atoms with Crippen LogP contribution in [-0.2, 0) is 11.3 Å². The number of aromatic nitrogens is 2. The Morgan fingerprint density at radius 3 is 3.14 bits per heavy atom. The third-order valence-corrected chi connectivity index (χ3v) is 1.67. The molecule has 1 aromatic heterocycles. The van der Waals surface area contributed by atoms with Crippen LogP contribution in [0.3, 0.4) is 0 Å². The van der Waals surface area contributed by atoms with Gasteiger partial charge in [0.2, 0.25) is 5.91 Å². The summed E-state index contributed by atoms with van der Waals surface area (Å²) in [4.78, 5) is 11.0. The summed E-state index contributed by atoms with van der Waals surface area (Å²) in [5.41, 5.74) is 0. The van der Waals surface area contributed by atoms with Crippen molar-refractivity contribution in [2.45, 2.75) is 25.9 Å². The number of rotatable bonds is 4.